The SMILES string of the molecule is Cc1cc(CC(=O)c2cnn(C)c2N)n(C)n1. The minimum absolute atomic E-state index is 0.0430. The molecule has 0 bridgehead atoms. The van der Waals surface area contributed by atoms with Crippen LogP contribution in [0.1, 0.15) is 21.7 Å². The fourth-order valence-electron chi connectivity index (χ4n) is 1.75. The lowest BCUT2D eigenvalue weighted by Crippen LogP contribution is -2.10. The molecule has 0 saturated carbocycles. The summed E-state index contributed by atoms with van der Waals surface area (Å²) in [5.41, 5.74) is 7.99. The van der Waals surface area contributed by atoms with Crippen LogP contribution >= 0.6 is 0 Å². The van der Waals surface area contributed by atoms with Gasteiger partial charge in [-0.25, -0.2) is 0 Å². The van der Waals surface area contributed by atoms with E-state index >= 15 is 0 Å². The number of ketones is 1. The van der Waals surface area contributed by atoms with E-state index in [9.17, 15) is 4.79 Å². The number of aryl methyl sites for hydroxylation is 3. The molecule has 6 nitrogen and oxygen atoms in total. The van der Waals surface area contributed by atoms with Crippen molar-refractivity contribution in [2.24, 2.45) is 14.1 Å². The van der Waals surface area contributed by atoms with Gasteiger partial charge in [0.15, 0.2) is 5.78 Å². The molecule has 0 spiro atoms. The third-order valence-corrected chi connectivity index (χ3v) is 2.73. The third-order valence-electron chi connectivity index (χ3n) is 2.73. The van der Waals surface area contributed by atoms with Crippen molar-refractivity contribution in [3.63, 3.8) is 0 Å². The van der Waals surface area contributed by atoms with Gasteiger partial charge < -0.3 is 5.73 Å². The zero-order valence-electron chi connectivity index (χ0n) is 10.1. The number of rotatable bonds is 3. The molecule has 0 atom stereocenters. The number of nitrogen functional groups attached to an aromatic ring is 1. The van der Waals surface area contributed by atoms with E-state index in [2.05, 4.69) is 10.2 Å². The van der Waals surface area contributed by atoms with Crippen molar-refractivity contribution in [2.75, 3.05) is 5.73 Å². The molecule has 0 unspecified atom stereocenters. The summed E-state index contributed by atoms with van der Waals surface area (Å²) in [6, 6.07) is 1.89. The van der Waals surface area contributed by atoms with Crippen molar-refractivity contribution < 1.29 is 4.79 Å². The summed E-state index contributed by atoms with van der Waals surface area (Å²) in [6.07, 6.45) is 1.79. The second-order valence-electron chi connectivity index (χ2n) is 4.07. The number of carbonyl (C=O) groups excluding carboxylic acids is 1. The zero-order chi connectivity index (χ0) is 12.6. The lowest BCUT2D eigenvalue weighted by Gasteiger charge is -2.01. The van der Waals surface area contributed by atoms with E-state index < -0.39 is 0 Å². The van der Waals surface area contributed by atoms with Crippen LogP contribution in [0.15, 0.2) is 12.3 Å². The van der Waals surface area contributed by atoms with E-state index in [1.807, 2.05) is 20.0 Å². The Morgan fingerprint density at radius 1 is 1.41 bits per heavy atom. The smallest absolute Gasteiger partial charge is 0.174 e. The first-order valence-electron chi connectivity index (χ1n) is 5.29. The first-order valence-corrected chi connectivity index (χ1v) is 5.29. The van der Waals surface area contributed by atoms with E-state index in [1.54, 1.807) is 11.7 Å². The van der Waals surface area contributed by atoms with Crippen LogP contribution < -0.4 is 5.73 Å². The van der Waals surface area contributed by atoms with Gasteiger partial charge in [-0.3, -0.25) is 14.2 Å². The number of carbonyl (C=O) groups is 1. The molecule has 0 fully saturated rings. The normalized spacial score (nSPS) is 10.8. The van der Waals surface area contributed by atoms with Gasteiger partial charge in [0, 0.05) is 19.8 Å². The van der Waals surface area contributed by atoms with Crippen LogP contribution in [0.25, 0.3) is 0 Å². The Morgan fingerprint density at radius 3 is 2.59 bits per heavy atom. The zero-order valence-corrected chi connectivity index (χ0v) is 10.1. The highest BCUT2D eigenvalue weighted by Gasteiger charge is 2.16. The average Bonchev–Trinajstić information content (AvgIpc) is 2.73. The first-order chi connectivity index (χ1) is 7.99. The predicted octanol–water partition coefficient (Wildman–Crippen LogP) is 0.470. The van der Waals surface area contributed by atoms with Gasteiger partial charge in [0.05, 0.1) is 23.9 Å². The van der Waals surface area contributed by atoms with E-state index in [1.165, 1.54) is 10.9 Å². The lowest BCUT2D eigenvalue weighted by atomic mass is 10.1. The summed E-state index contributed by atoms with van der Waals surface area (Å²) in [4.78, 5) is 12.0. The Kier molecular flexibility index (Phi) is 2.71. The summed E-state index contributed by atoms with van der Waals surface area (Å²) in [5.74, 6) is 0.354. The monoisotopic (exact) mass is 233 g/mol. The van der Waals surface area contributed by atoms with Crippen LogP contribution in [0.2, 0.25) is 0 Å². The van der Waals surface area contributed by atoms with Crippen LogP contribution in [-0.2, 0) is 20.5 Å². The molecule has 17 heavy (non-hydrogen) atoms. The topological polar surface area (TPSA) is 78.7 Å². The van der Waals surface area contributed by atoms with Crippen molar-refractivity contribution in [3.8, 4) is 0 Å². The van der Waals surface area contributed by atoms with Crippen LogP contribution in [0.5, 0.6) is 0 Å². The molecule has 2 rings (SSSR count). The number of nitrogens with zero attached hydrogens (tertiary/aromatic N) is 4. The van der Waals surface area contributed by atoms with Gasteiger partial charge in [0.2, 0.25) is 0 Å². The molecular formula is C11H15N5O. The Balaban J connectivity index is 2.23. The number of anilines is 1. The molecule has 90 valence electrons. The Hall–Kier alpha value is -2.11. The van der Waals surface area contributed by atoms with Crippen molar-refractivity contribution in [1.82, 2.24) is 19.6 Å². The number of Topliss-reactive ketones (excluding diaryl/α,β-unsaturated/α-hetero) is 1. The number of nitrogens with two attached hydrogens (primary N) is 1. The van der Waals surface area contributed by atoms with Gasteiger partial charge in [-0.05, 0) is 13.0 Å². The first kappa shape index (κ1) is 11.4. The van der Waals surface area contributed by atoms with Gasteiger partial charge in [0.1, 0.15) is 5.82 Å². The Morgan fingerprint density at radius 2 is 2.12 bits per heavy atom. The highest BCUT2D eigenvalue weighted by molar-refractivity contribution is 6.00. The van der Waals surface area contributed by atoms with E-state index in [4.69, 9.17) is 5.73 Å². The van der Waals surface area contributed by atoms with Crippen LogP contribution in [0.3, 0.4) is 0 Å². The maximum atomic E-state index is 12.0. The van der Waals surface area contributed by atoms with Crippen molar-refractivity contribution in [2.45, 2.75) is 13.3 Å². The van der Waals surface area contributed by atoms with Crippen molar-refractivity contribution in [1.29, 1.82) is 0 Å². The molecule has 0 amide bonds. The number of hydrogen-bond acceptors (Lipinski definition) is 4. The summed E-state index contributed by atoms with van der Waals surface area (Å²) in [7, 11) is 3.53. The molecule has 2 aromatic rings. The molecule has 2 N–H and O–H groups in total. The Bertz CT molecular complexity index is 566. The fraction of sp³-hybridized carbons (Fsp3) is 0.364. The van der Waals surface area contributed by atoms with Crippen LogP contribution in [0.4, 0.5) is 5.82 Å². The molecular weight excluding hydrogens is 218 g/mol. The van der Waals surface area contributed by atoms with E-state index in [-0.39, 0.29) is 12.2 Å². The highest BCUT2D eigenvalue weighted by atomic mass is 16.1. The van der Waals surface area contributed by atoms with E-state index in [0.717, 1.165) is 11.4 Å². The quantitative estimate of drug-likeness (QED) is 0.781. The molecule has 2 heterocycles. The Labute approximate surface area is 99.0 Å². The van der Waals surface area contributed by atoms with Gasteiger partial charge in [-0.2, -0.15) is 10.2 Å². The summed E-state index contributed by atoms with van der Waals surface area (Å²) >= 11 is 0. The molecule has 0 aliphatic heterocycles. The predicted molar refractivity (Wildman–Crippen MR) is 63.6 cm³/mol. The largest absolute Gasteiger partial charge is 0.383 e. The van der Waals surface area contributed by atoms with Crippen molar-refractivity contribution >= 4 is 11.6 Å². The second-order valence-corrected chi connectivity index (χ2v) is 4.07. The van der Waals surface area contributed by atoms with Crippen LogP contribution in [-0.4, -0.2) is 25.3 Å². The second kappa shape index (κ2) is 4.04. The van der Waals surface area contributed by atoms with Gasteiger partial charge >= 0.3 is 0 Å². The lowest BCUT2D eigenvalue weighted by molar-refractivity contribution is 0.0991. The van der Waals surface area contributed by atoms with Gasteiger partial charge in [-0.1, -0.05) is 0 Å². The molecule has 0 aliphatic rings. The minimum atomic E-state index is -0.0430. The maximum absolute atomic E-state index is 12.0. The molecule has 0 aromatic carbocycles. The van der Waals surface area contributed by atoms with Crippen LogP contribution in [0, 0.1) is 6.92 Å². The van der Waals surface area contributed by atoms with Gasteiger partial charge in [-0.15, -0.1) is 0 Å². The van der Waals surface area contributed by atoms with E-state index in [0.29, 0.717) is 11.4 Å². The standard InChI is InChI=1S/C11H15N5O/c1-7-4-8(15(2)14-7)5-10(17)9-6-13-16(3)11(9)12/h4,6H,5,12H2,1-3H3. The minimum Gasteiger partial charge on any atom is -0.383 e. The maximum Gasteiger partial charge on any atom is 0.174 e. The molecule has 0 aliphatic carbocycles. The highest BCUT2D eigenvalue weighted by Crippen LogP contribution is 2.13. The van der Waals surface area contributed by atoms with Gasteiger partial charge in [0.25, 0.3) is 0 Å². The molecule has 2 aromatic heterocycles. The molecule has 6 heteroatoms. The molecule has 0 radical (unpaired) electrons. The molecule has 0 saturated heterocycles. The average molecular weight is 233 g/mol. The summed E-state index contributed by atoms with van der Waals surface area (Å²) in [5, 5.41) is 8.15. The van der Waals surface area contributed by atoms with Crippen molar-refractivity contribution in [3.05, 3.63) is 29.2 Å². The number of hydrogen-bond donors (Lipinski definition) is 1. The number of aromatic nitrogens is 4. The summed E-state index contributed by atoms with van der Waals surface area (Å²) in [6.45, 7) is 1.90. The fourth-order valence-corrected chi connectivity index (χ4v) is 1.75. The third kappa shape index (κ3) is 2.06. The summed E-state index contributed by atoms with van der Waals surface area (Å²) < 4.78 is 3.20.